The lowest BCUT2D eigenvalue weighted by atomic mass is 9.30. The van der Waals surface area contributed by atoms with Crippen LogP contribution in [0.5, 0.6) is 0 Å². The van der Waals surface area contributed by atoms with Crippen LogP contribution >= 0.6 is 0 Å². The van der Waals surface area contributed by atoms with E-state index in [0.29, 0.717) is 0 Å². The topological polar surface area (TPSA) is 17.8 Å². The fraction of sp³-hybridized carbons (Fsp3) is 0.303. The standard InChI is InChI=1S/C31H29BN2.C2H6/c1-18-33-25-17-20(30(2,3)4)16-24-29(25)34(18)26-13-9-12-22-28(26)32(24)23-15-14-19-10-7-8-11-21(19)27(23)31(22,5)6;1-2/h7-17H,1-6H3;1-2H3. The Hall–Kier alpha value is -3.33. The summed E-state index contributed by atoms with van der Waals surface area (Å²) in [4.78, 5) is 5.08. The largest absolute Gasteiger partial charge is 0.298 e. The number of aryl methyl sites for hydroxylation is 1. The van der Waals surface area contributed by atoms with Crippen LogP contribution in [0.1, 0.15) is 71.0 Å². The van der Waals surface area contributed by atoms with Crippen molar-refractivity contribution < 1.29 is 0 Å². The third kappa shape index (κ3) is 2.89. The molecule has 2 aliphatic heterocycles. The van der Waals surface area contributed by atoms with Crippen LogP contribution in [0.2, 0.25) is 0 Å². The first-order valence-electron chi connectivity index (χ1n) is 13.4. The summed E-state index contributed by atoms with van der Waals surface area (Å²) in [5, 5.41) is 2.69. The molecule has 2 nitrogen and oxygen atoms in total. The minimum Gasteiger partial charge on any atom is -0.298 e. The van der Waals surface area contributed by atoms with Crippen molar-refractivity contribution in [1.82, 2.24) is 9.55 Å². The highest BCUT2D eigenvalue weighted by Gasteiger charge is 2.45. The van der Waals surface area contributed by atoms with Crippen LogP contribution in [0.4, 0.5) is 0 Å². The van der Waals surface area contributed by atoms with Crippen LogP contribution in [0.25, 0.3) is 27.5 Å². The van der Waals surface area contributed by atoms with Crippen LogP contribution < -0.4 is 16.4 Å². The molecule has 0 unspecified atom stereocenters. The second kappa shape index (κ2) is 7.59. The number of nitrogens with zero attached hydrogens (tertiary/aromatic N) is 2. The maximum Gasteiger partial charge on any atom is 0.247 e. The molecule has 5 aromatic rings. The molecule has 3 heteroatoms. The number of benzene rings is 4. The quantitative estimate of drug-likeness (QED) is 0.239. The molecule has 0 aliphatic carbocycles. The lowest BCUT2D eigenvalue weighted by Gasteiger charge is -2.42. The lowest BCUT2D eigenvalue weighted by Crippen LogP contribution is -2.63. The van der Waals surface area contributed by atoms with Gasteiger partial charge in [-0.1, -0.05) is 109 Å². The molecule has 0 fully saturated rings. The Balaban J connectivity index is 0.00000117. The summed E-state index contributed by atoms with van der Waals surface area (Å²) in [6.45, 7) is 18.1. The molecule has 0 amide bonds. The van der Waals surface area contributed by atoms with Gasteiger partial charge in [-0.2, -0.15) is 0 Å². The van der Waals surface area contributed by atoms with Crippen molar-refractivity contribution in [2.75, 3.05) is 0 Å². The molecule has 36 heavy (non-hydrogen) atoms. The molecule has 2 aliphatic rings. The van der Waals surface area contributed by atoms with Gasteiger partial charge < -0.3 is 0 Å². The number of hydrogen-bond donors (Lipinski definition) is 0. The molecule has 0 bridgehead atoms. The van der Waals surface area contributed by atoms with E-state index >= 15 is 0 Å². The summed E-state index contributed by atoms with van der Waals surface area (Å²) in [5.41, 5.74) is 12.2. The van der Waals surface area contributed by atoms with Gasteiger partial charge in [-0.05, 0) is 62.9 Å². The van der Waals surface area contributed by atoms with E-state index in [0.717, 1.165) is 11.3 Å². The predicted octanol–water partition coefficient (Wildman–Crippen LogP) is 6.28. The van der Waals surface area contributed by atoms with Crippen molar-refractivity contribution in [3.05, 3.63) is 89.2 Å². The van der Waals surface area contributed by atoms with Crippen LogP contribution in [-0.2, 0) is 10.8 Å². The third-order valence-electron chi connectivity index (χ3n) is 8.31. The Morgan fingerprint density at radius 1 is 0.861 bits per heavy atom. The smallest absolute Gasteiger partial charge is 0.247 e. The number of rotatable bonds is 0. The molecule has 0 radical (unpaired) electrons. The van der Waals surface area contributed by atoms with Gasteiger partial charge in [0.05, 0.1) is 11.0 Å². The van der Waals surface area contributed by atoms with E-state index in [1.807, 2.05) is 13.8 Å². The van der Waals surface area contributed by atoms with Crippen molar-refractivity contribution in [2.45, 2.75) is 66.2 Å². The van der Waals surface area contributed by atoms with E-state index in [2.05, 4.69) is 113 Å². The van der Waals surface area contributed by atoms with E-state index in [9.17, 15) is 0 Å². The van der Waals surface area contributed by atoms with E-state index in [-0.39, 0.29) is 17.5 Å². The Kier molecular flexibility index (Phi) is 4.87. The van der Waals surface area contributed by atoms with Gasteiger partial charge in [0.1, 0.15) is 5.82 Å². The number of fused-ring (bicyclic) bond motifs is 6. The summed E-state index contributed by atoms with van der Waals surface area (Å²) < 4.78 is 2.41. The molecule has 180 valence electrons. The average Bonchev–Trinajstić information content (AvgIpc) is 3.20. The zero-order valence-corrected chi connectivity index (χ0v) is 22.8. The average molecular weight is 470 g/mol. The molecule has 4 aromatic carbocycles. The first-order valence-corrected chi connectivity index (χ1v) is 13.4. The van der Waals surface area contributed by atoms with Crippen LogP contribution in [0, 0.1) is 6.92 Å². The Bertz CT molecular complexity index is 1680. The molecule has 0 spiro atoms. The molecule has 0 saturated carbocycles. The number of imidazole rings is 1. The van der Waals surface area contributed by atoms with E-state index in [1.54, 1.807) is 0 Å². The molecule has 1 aromatic heterocycles. The Labute approximate surface area is 215 Å². The SMILES string of the molecule is CC.Cc1nc2cc(C(C)(C)C)cc3c2n1-c1cccc2c1B3c1ccc3ccccc3c1C2(C)C. The minimum atomic E-state index is -0.0925. The van der Waals surface area contributed by atoms with Crippen molar-refractivity contribution in [3.63, 3.8) is 0 Å². The minimum absolute atomic E-state index is 0.0579. The second-order valence-corrected chi connectivity index (χ2v) is 11.7. The van der Waals surface area contributed by atoms with Crippen LogP contribution in [0.15, 0.2) is 66.7 Å². The second-order valence-electron chi connectivity index (χ2n) is 11.7. The maximum absolute atomic E-state index is 5.08. The third-order valence-corrected chi connectivity index (χ3v) is 8.31. The highest BCUT2D eigenvalue weighted by Crippen LogP contribution is 2.40. The Morgan fingerprint density at radius 2 is 1.61 bits per heavy atom. The molecule has 0 atom stereocenters. The van der Waals surface area contributed by atoms with Crippen molar-refractivity contribution in [3.8, 4) is 5.69 Å². The van der Waals surface area contributed by atoms with Gasteiger partial charge in [-0.15, -0.1) is 0 Å². The number of hydrogen-bond acceptors (Lipinski definition) is 1. The first kappa shape index (κ1) is 23.1. The van der Waals surface area contributed by atoms with Crippen molar-refractivity contribution in [2.24, 2.45) is 0 Å². The van der Waals surface area contributed by atoms with Crippen LogP contribution in [-0.4, -0.2) is 16.3 Å². The first-order chi connectivity index (χ1) is 17.2. The molecule has 0 N–H and O–H groups in total. The fourth-order valence-corrected chi connectivity index (χ4v) is 6.74. The van der Waals surface area contributed by atoms with Gasteiger partial charge in [0.15, 0.2) is 0 Å². The van der Waals surface area contributed by atoms with Crippen LogP contribution in [0.3, 0.4) is 0 Å². The molecule has 3 heterocycles. The van der Waals surface area contributed by atoms with Crippen molar-refractivity contribution in [1.29, 1.82) is 0 Å². The Morgan fingerprint density at radius 3 is 2.36 bits per heavy atom. The monoisotopic (exact) mass is 470 g/mol. The summed E-state index contributed by atoms with van der Waals surface area (Å²) >= 11 is 0. The van der Waals surface area contributed by atoms with E-state index in [1.165, 1.54) is 55.1 Å². The zero-order chi connectivity index (χ0) is 25.6. The summed E-state index contributed by atoms with van der Waals surface area (Å²) in [6, 6.07) is 25.3. The normalized spacial score (nSPS) is 14.8. The zero-order valence-electron chi connectivity index (χ0n) is 22.8. The number of aromatic nitrogens is 2. The maximum atomic E-state index is 5.08. The molecule has 0 saturated heterocycles. The lowest BCUT2D eigenvalue weighted by molar-refractivity contribution is 0.591. The van der Waals surface area contributed by atoms with Gasteiger partial charge in [0, 0.05) is 11.1 Å². The molecular formula is C33H35BN2. The summed E-state index contributed by atoms with van der Waals surface area (Å²) in [6.07, 6.45) is 0. The highest BCUT2D eigenvalue weighted by atomic mass is 15.1. The van der Waals surface area contributed by atoms with Gasteiger partial charge >= 0.3 is 0 Å². The van der Waals surface area contributed by atoms with Gasteiger partial charge in [-0.25, -0.2) is 4.98 Å². The summed E-state index contributed by atoms with van der Waals surface area (Å²) in [5.74, 6) is 1.07. The van der Waals surface area contributed by atoms with E-state index in [4.69, 9.17) is 4.98 Å². The summed E-state index contributed by atoms with van der Waals surface area (Å²) in [7, 11) is 0. The van der Waals surface area contributed by atoms with Gasteiger partial charge in [-0.3, -0.25) is 4.57 Å². The van der Waals surface area contributed by atoms with Crippen molar-refractivity contribution >= 4 is 44.9 Å². The predicted molar refractivity (Wildman–Crippen MR) is 157 cm³/mol. The van der Waals surface area contributed by atoms with Gasteiger partial charge in [0.25, 0.3) is 0 Å². The highest BCUT2D eigenvalue weighted by molar-refractivity contribution is 6.99. The molecule has 7 rings (SSSR count). The fourth-order valence-electron chi connectivity index (χ4n) is 6.74. The van der Waals surface area contributed by atoms with E-state index < -0.39 is 0 Å². The van der Waals surface area contributed by atoms with Gasteiger partial charge in [0.2, 0.25) is 6.71 Å². The molecular weight excluding hydrogens is 435 g/mol.